The second-order valence-electron chi connectivity index (χ2n) is 7.87. The second kappa shape index (κ2) is 9.42. The minimum Gasteiger partial charge on any atom is -0.338 e. The maximum Gasteiger partial charge on any atom is 0.242 e. The Hall–Kier alpha value is -3.71. The fourth-order valence-electron chi connectivity index (χ4n) is 4.00. The molecule has 3 heterocycles. The molecular weight excluding hydrogens is 436 g/mol. The molecule has 1 fully saturated rings. The van der Waals surface area contributed by atoms with Crippen molar-refractivity contribution < 1.29 is 4.79 Å². The van der Waals surface area contributed by atoms with Crippen LogP contribution in [0.2, 0.25) is 5.02 Å². The number of hydrogen-bond acceptors (Lipinski definition) is 5. The number of halogens is 1. The van der Waals surface area contributed by atoms with Crippen LogP contribution in [-0.4, -0.2) is 56.5 Å². The van der Waals surface area contributed by atoms with Gasteiger partial charge >= 0.3 is 0 Å². The summed E-state index contributed by atoms with van der Waals surface area (Å²) in [5.74, 6) is 1.53. The van der Waals surface area contributed by atoms with Crippen LogP contribution in [0.1, 0.15) is 0 Å². The Morgan fingerprint density at radius 3 is 2.33 bits per heavy atom. The Morgan fingerprint density at radius 1 is 0.879 bits per heavy atom. The van der Waals surface area contributed by atoms with E-state index in [9.17, 15) is 4.79 Å². The second-order valence-corrected chi connectivity index (χ2v) is 8.31. The Labute approximate surface area is 197 Å². The molecule has 1 amide bonds. The van der Waals surface area contributed by atoms with E-state index < -0.39 is 0 Å². The van der Waals surface area contributed by atoms with Gasteiger partial charge in [-0.15, -0.1) is 0 Å². The van der Waals surface area contributed by atoms with Crippen LogP contribution >= 0.6 is 11.6 Å². The summed E-state index contributed by atoms with van der Waals surface area (Å²) in [6.45, 7) is 2.90. The standard InChI is InChI=1S/C25H23ClN6O/c26-21-9-4-8-20(16-21)22-17-32(24(29-22)19-6-2-1-3-7-19)18-23(33)30-12-14-31(15-13-30)25-27-10-5-11-28-25/h1-11,16-17H,12-15,18H2. The highest BCUT2D eigenvalue weighted by Gasteiger charge is 2.24. The smallest absolute Gasteiger partial charge is 0.242 e. The van der Waals surface area contributed by atoms with E-state index in [-0.39, 0.29) is 12.5 Å². The molecule has 0 unspecified atom stereocenters. The van der Waals surface area contributed by atoms with E-state index in [0.717, 1.165) is 22.6 Å². The minimum absolute atomic E-state index is 0.0656. The van der Waals surface area contributed by atoms with Crippen molar-refractivity contribution >= 4 is 23.5 Å². The molecule has 1 aliphatic heterocycles. The highest BCUT2D eigenvalue weighted by molar-refractivity contribution is 6.30. The van der Waals surface area contributed by atoms with E-state index in [1.165, 1.54) is 0 Å². The largest absolute Gasteiger partial charge is 0.338 e. The maximum absolute atomic E-state index is 13.2. The van der Waals surface area contributed by atoms with E-state index in [4.69, 9.17) is 16.6 Å². The van der Waals surface area contributed by atoms with Gasteiger partial charge in [-0.3, -0.25) is 4.79 Å². The molecule has 7 nitrogen and oxygen atoms in total. The summed E-state index contributed by atoms with van der Waals surface area (Å²) in [6.07, 6.45) is 5.41. The van der Waals surface area contributed by atoms with Gasteiger partial charge in [0, 0.05) is 60.9 Å². The number of carbonyl (C=O) groups is 1. The summed E-state index contributed by atoms with van der Waals surface area (Å²) < 4.78 is 1.93. The van der Waals surface area contributed by atoms with Gasteiger partial charge in [-0.1, -0.05) is 54.1 Å². The number of carbonyl (C=O) groups excluding carboxylic acids is 1. The van der Waals surface area contributed by atoms with Crippen LogP contribution in [-0.2, 0) is 11.3 Å². The lowest BCUT2D eigenvalue weighted by molar-refractivity contribution is -0.132. The van der Waals surface area contributed by atoms with E-state index in [0.29, 0.717) is 37.1 Å². The van der Waals surface area contributed by atoms with Crippen molar-refractivity contribution in [3.8, 4) is 22.6 Å². The number of benzene rings is 2. The predicted molar refractivity (Wildman–Crippen MR) is 129 cm³/mol. The molecule has 166 valence electrons. The highest BCUT2D eigenvalue weighted by Crippen LogP contribution is 2.27. The third-order valence-corrected chi connectivity index (χ3v) is 5.94. The number of anilines is 1. The molecule has 8 heteroatoms. The summed E-state index contributed by atoms with van der Waals surface area (Å²) in [7, 11) is 0. The molecule has 4 aromatic rings. The molecule has 0 radical (unpaired) electrons. The SMILES string of the molecule is O=C(Cn1cc(-c2cccc(Cl)c2)nc1-c1ccccc1)N1CCN(c2ncccn2)CC1. The van der Waals surface area contributed by atoms with E-state index in [1.807, 2.05) is 70.3 Å². The Kier molecular flexibility index (Phi) is 6.04. The van der Waals surface area contributed by atoms with Crippen LogP contribution in [0, 0.1) is 0 Å². The van der Waals surface area contributed by atoms with Crippen molar-refractivity contribution in [3.63, 3.8) is 0 Å². The molecular formula is C25H23ClN6O. The van der Waals surface area contributed by atoms with Crippen LogP contribution in [0.4, 0.5) is 5.95 Å². The third-order valence-electron chi connectivity index (χ3n) is 5.70. The highest BCUT2D eigenvalue weighted by atomic mass is 35.5. The summed E-state index contributed by atoms with van der Waals surface area (Å²) in [5.41, 5.74) is 2.67. The topological polar surface area (TPSA) is 67.2 Å². The van der Waals surface area contributed by atoms with Crippen LogP contribution < -0.4 is 4.90 Å². The molecule has 0 N–H and O–H groups in total. The first-order valence-corrected chi connectivity index (χ1v) is 11.2. The number of piperazine rings is 1. The zero-order valence-electron chi connectivity index (χ0n) is 18.0. The first-order chi connectivity index (χ1) is 16.2. The summed E-state index contributed by atoms with van der Waals surface area (Å²) in [4.78, 5) is 30.7. The summed E-state index contributed by atoms with van der Waals surface area (Å²) >= 11 is 6.19. The molecule has 0 aliphatic carbocycles. The number of amides is 1. The first-order valence-electron chi connectivity index (χ1n) is 10.9. The Balaban J connectivity index is 1.35. The van der Waals surface area contributed by atoms with Gasteiger partial charge < -0.3 is 14.4 Å². The summed E-state index contributed by atoms with van der Waals surface area (Å²) in [6, 6.07) is 19.3. The molecule has 0 saturated carbocycles. The van der Waals surface area contributed by atoms with Crippen LogP contribution in [0.25, 0.3) is 22.6 Å². The molecule has 2 aromatic heterocycles. The van der Waals surface area contributed by atoms with Crippen molar-refractivity contribution in [1.29, 1.82) is 0 Å². The van der Waals surface area contributed by atoms with Crippen molar-refractivity contribution in [3.05, 3.63) is 84.3 Å². The van der Waals surface area contributed by atoms with Gasteiger partial charge in [-0.2, -0.15) is 0 Å². The monoisotopic (exact) mass is 458 g/mol. The normalized spacial score (nSPS) is 13.8. The van der Waals surface area contributed by atoms with Crippen LogP contribution in [0.3, 0.4) is 0 Å². The molecule has 0 spiro atoms. The fourth-order valence-corrected chi connectivity index (χ4v) is 4.19. The number of hydrogen-bond donors (Lipinski definition) is 0. The van der Waals surface area contributed by atoms with Gasteiger partial charge in [0.2, 0.25) is 11.9 Å². The van der Waals surface area contributed by atoms with Gasteiger partial charge in [0.25, 0.3) is 0 Å². The molecule has 1 aliphatic rings. The minimum atomic E-state index is 0.0656. The van der Waals surface area contributed by atoms with E-state index in [1.54, 1.807) is 18.5 Å². The molecule has 1 saturated heterocycles. The number of nitrogens with zero attached hydrogens (tertiary/aromatic N) is 6. The van der Waals surface area contributed by atoms with E-state index in [2.05, 4.69) is 14.9 Å². The lowest BCUT2D eigenvalue weighted by Gasteiger charge is -2.34. The van der Waals surface area contributed by atoms with Crippen molar-refractivity contribution in [2.75, 3.05) is 31.1 Å². The van der Waals surface area contributed by atoms with Crippen molar-refractivity contribution in [2.45, 2.75) is 6.54 Å². The predicted octanol–water partition coefficient (Wildman–Crippen LogP) is 4.01. The van der Waals surface area contributed by atoms with Gasteiger partial charge in [-0.05, 0) is 18.2 Å². The van der Waals surface area contributed by atoms with Crippen molar-refractivity contribution in [1.82, 2.24) is 24.4 Å². The lowest BCUT2D eigenvalue weighted by atomic mass is 10.2. The zero-order valence-corrected chi connectivity index (χ0v) is 18.8. The number of aromatic nitrogens is 4. The fraction of sp³-hybridized carbons (Fsp3) is 0.200. The zero-order chi connectivity index (χ0) is 22.6. The number of rotatable bonds is 5. The average Bonchev–Trinajstić information content (AvgIpc) is 3.29. The van der Waals surface area contributed by atoms with Gasteiger partial charge in [0.1, 0.15) is 12.4 Å². The molecule has 0 atom stereocenters. The van der Waals surface area contributed by atoms with Crippen LogP contribution in [0.5, 0.6) is 0 Å². The molecule has 0 bridgehead atoms. The maximum atomic E-state index is 13.2. The quantitative estimate of drug-likeness (QED) is 0.452. The van der Waals surface area contributed by atoms with Gasteiger partial charge in [-0.25, -0.2) is 15.0 Å². The Bertz CT molecular complexity index is 1240. The van der Waals surface area contributed by atoms with E-state index >= 15 is 0 Å². The molecule has 33 heavy (non-hydrogen) atoms. The van der Waals surface area contributed by atoms with Crippen LogP contribution in [0.15, 0.2) is 79.3 Å². The van der Waals surface area contributed by atoms with Gasteiger partial charge in [0.15, 0.2) is 0 Å². The number of imidazole rings is 1. The average molecular weight is 459 g/mol. The molecule has 2 aromatic carbocycles. The lowest BCUT2D eigenvalue weighted by Crippen LogP contribution is -2.50. The first kappa shape index (κ1) is 21.2. The molecule has 5 rings (SSSR count). The summed E-state index contributed by atoms with van der Waals surface area (Å²) in [5, 5.41) is 0.652. The van der Waals surface area contributed by atoms with Crippen molar-refractivity contribution in [2.24, 2.45) is 0 Å². The van der Waals surface area contributed by atoms with Gasteiger partial charge in [0.05, 0.1) is 5.69 Å². The third kappa shape index (κ3) is 4.73. The Morgan fingerprint density at radius 2 is 1.61 bits per heavy atom.